The molecule has 13 heavy (non-hydrogen) atoms. The van der Waals surface area contributed by atoms with Crippen molar-refractivity contribution in [2.24, 2.45) is 5.14 Å². The van der Waals surface area contributed by atoms with Crippen LogP contribution in [0.2, 0.25) is 5.15 Å². The lowest BCUT2D eigenvalue weighted by atomic mass is 10.2. The zero-order chi connectivity index (χ0) is 10.1. The van der Waals surface area contributed by atoms with Crippen LogP contribution in [0, 0.1) is 6.92 Å². The van der Waals surface area contributed by atoms with Gasteiger partial charge in [-0.2, -0.15) is 0 Å². The second-order valence-corrected chi connectivity index (χ2v) is 4.73. The Bertz CT molecular complexity index is 417. The number of sulfonamides is 1. The van der Waals surface area contributed by atoms with Crippen molar-refractivity contribution in [1.82, 2.24) is 4.98 Å². The highest BCUT2D eigenvalue weighted by atomic mass is 35.5. The predicted molar refractivity (Wildman–Crippen MR) is 50.8 cm³/mol. The number of aryl methyl sites for hydroxylation is 1. The highest BCUT2D eigenvalue weighted by Crippen LogP contribution is 2.13. The Balaban J connectivity index is 2.99. The van der Waals surface area contributed by atoms with Crippen LogP contribution in [0.25, 0.3) is 0 Å². The lowest BCUT2D eigenvalue weighted by Crippen LogP contribution is -2.14. The predicted octanol–water partition coefficient (Wildman–Crippen LogP) is 0.832. The Morgan fingerprint density at radius 1 is 1.62 bits per heavy atom. The first-order chi connectivity index (χ1) is 5.88. The van der Waals surface area contributed by atoms with Gasteiger partial charge in [-0.3, -0.25) is 0 Å². The number of primary sulfonamides is 1. The molecule has 0 amide bonds. The fourth-order valence-corrected chi connectivity index (χ4v) is 1.65. The smallest absolute Gasteiger partial charge is 0.213 e. The standard InChI is InChI=1S/C7H9ClN2O2S/c1-5-2-6(3-10-7(5)8)4-13(9,11)12/h2-3H,4H2,1H3,(H2,9,11,12). The second kappa shape index (κ2) is 3.61. The molecule has 0 atom stereocenters. The van der Waals surface area contributed by atoms with E-state index in [1.807, 2.05) is 0 Å². The molecule has 0 aliphatic carbocycles. The number of rotatable bonds is 2. The quantitative estimate of drug-likeness (QED) is 0.751. The highest BCUT2D eigenvalue weighted by Gasteiger charge is 2.06. The molecule has 0 saturated carbocycles. The van der Waals surface area contributed by atoms with Crippen LogP contribution >= 0.6 is 11.6 Å². The Morgan fingerprint density at radius 2 is 2.23 bits per heavy atom. The average Bonchev–Trinajstić information content (AvgIpc) is 1.94. The minimum absolute atomic E-state index is 0.210. The van der Waals surface area contributed by atoms with Gasteiger partial charge in [0, 0.05) is 6.20 Å². The number of hydrogen-bond acceptors (Lipinski definition) is 3. The molecule has 2 N–H and O–H groups in total. The molecule has 0 aromatic carbocycles. The zero-order valence-corrected chi connectivity index (χ0v) is 8.56. The summed E-state index contributed by atoms with van der Waals surface area (Å²) in [5.41, 5.74) is 1.28. The minimum Gasteiger partial charge on any atom is -0.244 e. The van der Waals surface area contributed by atoms with E-state index >= 15 is 0 Å². The van der Waals surface area contributed by atoms with Crippen molar-refractivity contribution in [1.29, 1.82) is 0 Å². The van der Waals surface area contributed by atoms with Gasteiger partial charge in [-0.1, -0.05) is 17.7 Å². The van der Waals surface area contributed by atoms with Gasteiger partial charge in [0.15, 0.2) is 0 Å². The third kappa shape index (κ3) is 3.30. The molecule has 6 heteroatoms. The molecule has 0 bridgehead atoms. The summed E-state index contributed by atoms with van der Waals surface area (Å²) in [5, 5.41) is 5.24. The first-order valence-corrected chi connectivity index (χ1v) is 5.59. The number of pyridine rings is 1. The van der Waals surface area contributed by atoms with Gasteiger partial charge in [-0.05, 0) is 18.1 Å². The monoisotopic (exact) mass is 220 g/mol. The molecule has 0 spiro atoms. The topological polar surface area (TPSA) is 73.1 Å². The third-order valence-electron chi connectivity index (χ3n) is 1.44. The molecule has 0 saturated heterocycles. The van der Waals surface area contributed by atoms with Crippen molar-refractivity contribution in [2.45, 2.75) is 12.7 Å². The van der Waals surface area contributed by atoms with Gasteiger partial charge in [0.05, 0.1) is 5.75 Å². The normalized spacial score (nSPS) is 11.6. The number of halogens is 1. The lowest BCUT2D eigenvalue weighted by Gasteiger charge is -2.01. The molecule has 1 aromatic rings. The molecule has 4 nitrogen and oxygen atoms in total. The second-order valence-electron chi connectivity index (χ2n) is 2.76. The average molecular weight is 221 g/mol. The molecular formula is C7H9ClN2O2S. The van der Waals surface area contributed by atoms with Crippen molar-refractivity contribution in [2.75, 3.05) is 0 Å². The van der Waals surface area contributed by atoms with Gasteiger partial charge < -0.3 is 0 Å². The molecule has 1 heterocycles. The molecule has 0 unspecified atom stereocenters. The summed E-state index contributed by atoms with van der Waals surface area (Å²) < 4.78 is 21.4. The van der Waals surface area contributed by atoms with E-state index in [1.165, 1.54) is 6.20 Å². The Kier molecular flexibility index (Phi) is 2.90. The summed E-state index contributed by atoms with van der Waals surface area (Å²) in [6.07, 6.45) is 1.40. The lowest BCUT2D eigenvalue weighted by molar-refractivity contribution is 0.597. The van der Waals surface area contributed by atoms with Crippen LogP contribution in [0.15, 0.2) is 12.3 Å². The Labute approximate surface area is 81.8 Å². The maximum atomic E-state index is 10.7. The minimum atomic E-state index is -3.49. The van der Waals surface area contributed by atoms with Crippen LogP contribution in [0.4, 0.5) is 0 Å². The van der Waals surface area contributed by atoms with Crippen LogP contribution in [-0.2, 0) is 15.8 Å². The van der Waals surface area contributed by atoms with Gasteiger partial charge >= 0.3 is 0 Å². The van der Waals surface area contributed by atoms with Gasteiger partial charge in [-0.25, -0.2) is 18.5 Å². The van der Waals surface area contributed by atoms with Crippen LogP contribution in [0.5, 0.6) is 0 Å². The van der Waals surface area contributed by atoms with E-state index in [2.05, 4.69) is 4.98 Å². The van der Waals surface area contributed by atoms with Gasteiger partial charge in [0.2, 0.25) is 10.0 Å². The first-order valence-electron chi connectivity index (χ1n) is 3.50. The highest BCUT2D eigenvalue weighted by molar-refractivity contribution is 7.88. The summed E-state index contributed by atoms with van der Waals surface area (Å²) in [6.45, 7) is 1.75. The van der Waals surface area contributed by atoms with Crippen molar-refractivity contribution < 1.29 is 8.42 Å². The van der Waals surface area contributed by atoms with E-state index in [1.54, 1.807) is 13.0 Å². The van der Waals surface area contributed by atoms with Crippen LogP contribution in [-0.4, -0.2) is 13.4 Å². The van der Waals surface area contributed by atoms with Crippen LogP contribution in [0.3, 0.4) is 0 Å². The van der Waals surface area contributed by atoms with Crippen LogP contribution in [0.1, 0.15) is 11.1 Å². The number of nitrogens with zero attached hydrogens (tertiary/aromatic N) is 1. The van der Waals surface area contributed by atoms with E-state index in [0.29, 0.717) is 10.7 Å². The molecule has 72 valence electrons. The molecule has 0 radical (unpaired) electrons. The van der Waals surface area contributed by atoms with E-state index in [0.717, 1.165) is 5.56 Å². The zero-order valence-electron chi connectivity index (χ0n) is 6.99. The van der Waals surface area contributed by atoms with E-state index in [9.17, 15) is 8.42 Å². The summed E-state index contributed by atoms with van der Waals surface area (Å²) in [6, 6.07) is 1.65. The first kappa shape index (κ1) is 10.4. The van der Waals surface area contributed by atoms with Crippen molar-refractivity contribution in [3.8, 4) is 0 Å². The molecule has 0 aliphatic heterocycles. The number of aromatic nitrogens is 1. The van der Waals surface area contributed by atoms with Crippen molar-refractivity contribution in [3.63, 3.8) is 0 Å². The maximum Gasteiger partial charge on any atom is 0.213 e. The summed E-state index contributed by atoms with van der Waals surface area (Å²) in [5.74, 6) is -0.210. The summed E-state index contributed by atoms with van der Waals surface area (Å²) >= 11 is 5.66. The molecule has 1 rings (SSSR count). The van der Waals surface area contributed by atoms with Gasteiger partial charge in [-0.15, -0.1) is 0 Å². The Hall–Kier alpha value is -0.650. The fraction of sp³-hybridized carbons (Fsp3) is 0.286. The van der Waals surface area contributed by atoms with Crippen molar-refractivity contribution in [3.05, 3.63) is 28.5 Å². The molecule has 1 aromatic heterocycles. The van der Waals surface area contributed by atoms with E-state index < -0.39 is 10.0 Å². The molecule has 0 fully saturated rings. The van der Waals surface area contributed by atoms with Gasteiger partial charge in [0.1, 0.15) is 5.15 Å². The largest absolute Gasteiger partial charge is 0.244 e. The fourth-order valence-electron chi connectivity index (χ4n) is 0.928. The van der Waals surface area contributed by atoms with Crippen molar-refractivity contribution >= 4 is 21.6 Å². The van der Waals surface area contributed by atoms with Crippen LogP contribution < -0.4 is 5.14 Å². The number of hydrogen-bond donors (Lipinski definition) is 1. The van der Waals surface area contributed by atoms with Gasteiger partial charge in [0.25, 0.3) is 0 Å². The molecular weight excluding hydrogens is 212 g/mol. The van der Waals surface area contributed by atoms with E-state index in [-0.39, 0.29) is 5.75 Å². The summed E-state index contributed by atoms with van der Waals surface area (Å²) in [7, 11) is -3.49. The summed E-state index contributed by atoms with van der Waals surface area (Å²) in [4.78, 5) is 3.81. The van der Waals surface area contributed by atoms with E-state index in [4.69, 9.17) is 16.7 Å². The third-order valence-corrected chi connectivity index (χ3v) is 2.57. The number of nitrogens with two attached hydrogens (primary N) is 1. The Morgan fingerprint density at radius 3 is 2.69 bits per heavy atom. The SMILES string of the molecule is Cc1cc(CS(N)(=O)=O)cnc1Cl. The maximum absolute atomic E-state index is 10.7. The molecule has 0 aliphatic rings.